The van der Waals surface area contributed by atoms with Crippen LogP contribution in [0.1, 0.15) is 29.8 Å². The third-order valence-electron chi connectivity index (χ3n) is 3.73. The largest absolute Gasteiger partial charge is 0.487 e. The number of aryl methyl sites for hydroxylation is 2. The molecular weight excluding hydrogens is 330 g/mol. The molecule has 0 radical (unpaired) electrons. The lowest BCUT2D eigenvalue weighted by atomic mass is 10.2. The van der Waals surface area contributed by atoms with E-state index in [4.69, 9.17) is 4.74 Å². The van der Waals surface area contributed by atoms with Gasteiger partial charge in [-0.05, 0) is 53.4 Å². The zero-order chi connectivity index (χ0) is 14.8. The molecule has 0 saturated heterocycles. The topological polar surface area (TPSA) is 39.1 Å². The number of halogens is 1. The first-order valence-electron chi connectivity index (χ1n) is 7.26. The minimum Gasteiger partial charge on any atom is -0.487 e. The summed E-state index contributed by atoms with van der Waals surface area (Å²) in [6.45, 7) is 3.43. The third-order valence-corrected chi connectivity index (χ3v) is 4.76. The molecule has 1 aromatic carbocycles. The predicted octanol–water partition coefficient (Wildman–Crippen LogP) is 3.32. The molecule has 1 saturated carbocycles. The Labute approximate surface area is 133 Å². The highest BCUT2D eigenvalue weighted by atomic mass is 79.9. The number of benzene rings is 1. The quantitative estimate of drug-likeness (QED) is 0.869. The molecule has 3 rings (SSSR count). The van der Waals surface area contributed by atoms with Gasteiger partial charge in [-0.2, -0.15) is 5.10 Å². The van der Waals surface area contributed by atoms with Crippen molar-refractivity contribution >= 4 is 15.9 Å². The molecule has 1 N–H and O–H groups in total. The van der Waals surface area contributed by atoms with Crippen LogP contribution in [0.25, 0.3) is 0 Å². The Morgan fingerprint density at radius 2 is 2.05 bits per heavy atom. The van der Waals surface area contributed by atoms with Crippen LogP contribution < -0.4 is 10.1 Å². The van der Waals surface area contributed by atoms with Gasteiger partial charge in [-0.15, -0.1) is 0 Å². The van der Waals surface area contributed by atoms with Gasteiger partial charge in [0.05, 0.1) is 15.9 Å². The van der Waals surface area contributed by atoms with Crippen LogP contribution >= 0.6 is 15.9 Å². The van der Waals surface area contributed by atoms with Crippen molar-refractivity contribution in [1.29, 1.82) is 0 Å². The highest BCUT2D eigenvalue weighted by Crippen LogP contribution is 2.23. The van der Waals surface area contributed by atoms with Crippen molar-refractivity contribution in [1.82, 2.24) is 15.1 Å². The highest BCUT2D eigenvalue weighted by molar-refractivity contribution is 9.10. The zero-order valence-corrected chi connectivity index (χ0v) is 14.0. The summed E-state index contributed by atoms with van der Waals surface area (Å²) in [6, 6.07) is 9.04. The molecule has 5 heteroatoms. The summed E-state index contributed by atoms with van der Waals surface area (Å²) >= 11 is 3.55. The van der Waals surface area contributed by atoms with E-state index >= 15 is 0 Å². The molecule has 0 spiro atoms. The Balaban J connectivity index is 1.57. The van der Waals surface area contributed by atoms with Crippen molar-refractivity contribution in [2.75, 3.05) is 0 Å². The van der Waals surface area contributed by atoms with E-state index in [1.54, 1.807) is 0 Å². The van der Waals surface area contributed by atoms with E-state index in [0.29, 0.717) is 6.61 Å². The lowest BCUT2D eigenvalue weighted by molar-refractivity contribution is 0.294. The van der Waals surface area contributed by atoms with Gasteiger partial charge in [-0.1, -0.05) is 12.1 Å². The maximum absolute atomic E-state index is 5.85. The Morgan fingerprint density at radius 1 is 1.33 bits per heavy atom. The van der Waals surface area contributed by atoms with Gasteiger partial charge in [0, 0.05) is 19.6 Å². The Morgan fingerprint density at radius 3 is 2.62 bits per heavy atom. The molecule has 0 amide bonds. The fourth-order valence-electron chi connectivity index (χ4n) is 2.24. The van der Waals surface area contributed by atoms with Crippen LogP contribution in [-0.4, -0.2) is 15.8 Å². The summed E-state index contributed by atoms with van der Waals surface area (Å²) in [6.07, 6.45) is 2.64. The molecule has 2 aromatic rings. The number of ether oxygens (including phenoxy) is 1. The summed E-state index contributed by atoms with van der Waals surface area (Å²) in [5.41, 5.74) is 3.33. The normalized spacial score (nSPS) is 14.4. The number of nitrogens with zero attached hydrogens (tertiary/aromatic N) is 2. The minimum absolute atomic E-state index is 0.512. The standard InChI is InChI=1S/C16H20BrN3O/c1-11-16(17)15(20(2)19-11)10-21-14-7-3-12(4-8-14)9-18-13-5-6-13/h3-4,7-8,13,18H,5-6,9-10H2,1-2H3. The van der Waals surface area contributed by atoms with Crippen LogP contribution in [0.3, 0.4) is 0 Å². The Bertz CT molecular complexity index is 617. The van der Waals surface area contributed by atoms with Crippen molar-refractivity contribution in [2.45, 2.75) is 39.0 Å². The summed E-state index contributed by atoms with van der Waals surface area (Å²) in [4.78, 5) is 0. The Hall–Kier alpha value is -1.33. The number of rotatable bonds is 6. The first-order valence-corrected chi connectivity index (χ1v) is 8.06. The van der Waals surface area contributed by atoms with Crippen LogP contribution in [0.5, 0.6) is 5.75 Å². The third kappa shape index (κ3) is 3.66. The molecule has 1 fully saturated rings. The summed E-state index contributed by atoms with van der Waals surface area (Å²) in [5.74, 6) is 0.885. The zero-order valence-electron chi connectivity index (χ0n) is 12.4. The molecule has 0 atom stereocenters. The average molecular weight is 350 g/mol. The van der Waals surface area contributed by atoms with Crippen molar-refractivity contribution < 1.29 is 4.74 Å². The van der Waals surface area contributed by atoms with Gasteiger partial charge in [0.2, 0.25) is 0 Å². The molecule has 1 heterocycles. The van der Waals surface area contributed by atoms with Gasteiger partial charge in [-0.3, -0.25) is 4.68 Å². The average Bonchev–Trinajstić information content (AvgIpc) is 3.26. The highest BCUT2D eigenvalue weighted by Gasteiger charge is 2.19. The lowest BCUT2D eigenvalue weighted by Crippen LogP contribution is -2.15. The second kappa shape index (κ2) is 6.20. The minimum atomic E-state index is 0.512. The fourth-order valence-corrected chi connectivity index (χ4v) is 2.69. The van der Waals surface area contributed by atoms with E-state index in [9.17, 15) is 0 Å². The fraction of sp³-hybridized carbons (Fsp3) is 0.438. The van der Waals surface area contributed by atoms with Crippen LogP contribution in [0.4, 0.5) is 0 Å². The molecule has 0 aliphatic heterocycles. The van der Waals surface area contributed by atoms with Crippen LogP contribution in [0.2, 0.25) is 0 Å². The lowest BCUT2D eigenvalue weighted by Gasteiger charge is -2.08. The van der Waals surface area contributed by atoms with Crippen molar-refractivity contribution in [2.24, 2.45) is 7.05 Å². The van der Waals surface area contributed by atoms with E-state index in [2.05, 4.69) is 38.5 Å². The van der Waals surface area contributed by atoms with Gasteiger partial charge in [0.15, 0.2) is 0 Å². The summed E-state index contributed by atoms with van der Waals surface area (Å²) < 4.78 is 8.73. The van der Waals surface area contributed by atoms with Crippen molar-refractivity contribution in [3.8, 4) is 5.75 Å². The molecule has 1 aromatic heterocycles. The van der Waals surface area contributed by atoms with E-state index in [1.807, 2.05) is 30.8 Å². The van der Waals surface area contributed by atoms with Gasteiger partial charge in [0.25, 0.3) is 0 Å². The van der Waals surface area contributed by atoms with E-state index in [1.165, 1.54) is 18.4 Å². The van der Waals surface area contributed by atoms with Crippen LogP contribution in [0.15, 0.2) is 28.7 Å². The number of hydrogen-bond donors (Lipinski definition) is 1. The molecule has 0 bridgehead atoms. The molecule has 112 valence electrons. The van der Waals surface area contributed by atoms with Crippen LogP contribution in [0, 0.1) is 6.92 Å². The van der Waals surface area contributed by atoms with Crippen molar-refractivity contribution in [3.63, 3.8) is 0 Å². The molecular formula is C16H20BrN3O. The van der Waals surface area contributed by atoms with Gasteiger partial charge >= 0.3 is 0 Å². The molecule has 0 unspecified atom stereocenters. The number of nitrogens with one attached hydrogen (secondary N) is 1. The monoisotopic (exact) mass is 349 g/mol. The van der Waals surface area contributed by atoms with Gasteiger partial charge in [0.1, 0.15) is 12.4 Å². The predicted molar refractivity (Wildman–Crippen MR) is 86.3 cm³/mol. The van der Waals surface area contributed by atoms with Crippen molar-refractivity contribution in [3.05, 3.63) is 45.7 Å². The van der Waals surface area contributed by atoms with E-state index in [0.717, 1.165) is 34.2 Å². The molecule has 21 heavy (non-hydrogen) atoms. The second-order valence-corrected chi connectivity index (χ2v) is 6.35. The SMILES string of the molecule is Cc1nn(C)c(COc2ccc(CNC3CC3)cc2)c1Br. The summed E-state index contributed by atoms with van der Waals surface area (Å²) in [5, 5.41) is 7.87. The van der Waals surface area contributed by atoms with E-state index in [-0.39, 0.29) is 0 Å². The first kappa shape index (κ1) is 14.6. The molecule has 4 nitrogen and oxygen atoms in total. The summed E-state index contributed by atoms with van der Waals surface area (Å²) in [7, 11) is 1.93. The van der Waals surface area contributed by atoms with E-state index < -0.39 is 0 Å². The number of aromatic nitrogens is 2. The van der Waals surface area contributed by atoms with Gasteiger partial charge < -0.3 is 10.1 Å². The number of hydrogen-bond acceptors (Lipinski definition) is 3. The molecule has 1 aliphatic rings. The molecule has 1 aliphatic carbocycles. The maximum Gasteiger partial charge on any atom is 0.131 e. The second-order valence-electron chi connectivity index (χ2n) is 5.56. The smallest absolute Gasteiger partial charge is 0.131 e. The van der Waals surface area contributed by atoms with Gasteiger partial charge in [-0.25, -0.2) is 0 Å². The van der Waals surface area contributed by atoms with Crippen LogP contribution in [-0.2, 0) is 20.2 Å². The Kier molecular flexibility index (Phi) is 4.31. The first-order chi connectivity index (χ1) is 10.1. The maximum atomic E-state index is 5.85.